The van der Waals surface area contributed by atoms with Crippen molar-refractivity contribution in [1.82, 2.24) is 14.8 Å². The first kappa shape index (κ1) is 28.3. The zero-order valence-corrected chi connectivity index (χ0v) is 24.4. The van der Waals surface area contributed by atoms with Gasteiger partial charge in [-0.2, -0.15) is 0 Å². The molecule has 2 amide bonds. The Hall–Kier alpha value is -3.86. The number of carbonyl (C=O) groups excluding carboxylic acids is 2. The topological polar surface area (TPSA) is 125 Å². The van der Waals surface area contributed by atoms with Crippen LogP contribution in [0.5, 0.6) is 0 Å². The maximum Gasteiger partial charge on any atom is 0.257 e. The van der Waals surface area contributed by atoms with Gasteiger partial charge in [0.25, 0.3) is 11.8 Å². The van der Waals surface area contributed by atoms with Crippen LogP contribution in [0.15, 0.2) is 54.7 Å². The van der Waals surface area contributed by atoms with Gasteiger partial charge in [-0.15, -0.1) is 11.3 Å². The van der Waals surface area contributed by atoms with Crippen LogP contribution in [-0.4, -0.2) is 71.7 Å². The summed E-state index contributed by atoms with van der Waals surface area (Å²) in [7, 11) is 0. The number of nitrogens with zero attached hydrogens (tertiary/aromatic N) is 3. The first-order chi connectivity index (χ1) is 20.5. The smallest absolute Gasteiger partial charge is 0.257 e. The largest absolute Gasteiger partial charge is 0.404 e. The van der Waals surface area contributed by atoms with Crippen LogP contribution in [-0.2, 0) is 17.6 Å². The molecule has 218 valence electrons. The summed E-state index contributed by atoms with van der Waals surface area (Å²) in [4.78, 5) is 37.3. The molecule has 2 saturated heterocycles. The van der Waals surface area contributed by atoms with Crippen LogP contribution in [0.25, 0.3) is 5.57 Å². The molecule has 3 aliphatic rings. The van der Waals surface area contributed by atoms with Gasteiger partial charge < -0.3 is 20.8 Å². The van der Waals surface area contributed by atoms with E-state index in [9.17, 15) is 9.59 Å². The van der Waals surface area contributed by atoms with Gasteiger partial charge >= 0.3 is 0 Å². The number of morpholine rings is 1. The number of rotatable bonds is 7. The second-order valence-electron chi connectivity index (χ2n) is 11.0. The molecule has 2 atom stereocenters. The number of nitrogens with one attached hydrogen (secondary N) is 2. The molecule has 3 aromatic rings. The number of hydrogen-bond donors (Lipinski definition) is 3. The number of fused-ring (bicyclic) bond motifs is 1. The SMILES string of the molecule is N=C/C(=C\N)c1cccc(C(=O)N2CCC[C@@H]2c2cccc(C(=O)Nc3nc4c(s3)C[C@@H](N3CCOCC3)CC4)c2)c1. The lowest BCUT2D eigenvalue weighted by atomic mass is 9.96. The summed E-state index contributed by atoms with van der Waals surface area (Å²) in [6.45, 7) is 4.19. The highest BCUT2D eigenvalue weighted by Gasteiger charge is 2.32. The van der Waals surface area contributed by atoms with Crippen LogP contribution in [0.4, 0.5) is 5.13 Å². The second kappa shape index (κ2) is 12.6. The molecular weight excluding hydrogens is 548 g/mol. The maximum atomic E-state index is 13.6. The molecule has 2 aromatic carbocycles. The number of nitrogens with two attached hydrogens (primary N) is 1. The van der Waals surface area contributed by atoms with E-state index in [1.54, 1.807) is 23.5 Å². The molecule has 1 aliphatic carbocycles. The molecule has 4 N–H and O–H groups in total. The summed E-state index contributed by atoms with van der Waals surface area (Å²) >= 11 is 1.58. The first-order valence-corrected chi connectivity index (χ1v) is 15.4. The van der Waals surface area contributed by atoms with Gasteiger partial charge in [0.1, 0.15) is 0 Å². The number of likely N-dealkylation sites (tertiary alicyclic amines) is 1. The maximum absolute atomic E-state index is 13.6. The number of benzene rings is 2. The van der Waals surface area contributed by atoms with Crippen molar-refractivity contribution in [1.29, 1.82) is 5.41 Å². The molecule has 0 spiro atoms. The highest BCUT2D eigenvalue weighted by molar-refractivity contribution is 7.15. The third kappa shape index (κ3) is 5.88. The fourth-order valence-electron chi connectivity index (χ4n) is 6.30. The summed E-state index contributed by atoms with van der Waals surface area (Å²) in [5.41, 5.74) is 10.1. The first-order valence-electron chi connectivity index (χ1n) is 14.6. The van der Waals surface area contributed by atoms with Gasteiger partial charge in [-0.25, -0.2) is 4.98 Å². The molecule has 9 nitrogen and oxygen atoms in total. The van der Waals surface area contributed by atoms with Crippen LogP contribution >= 0.6 is 11.3 Å². The summed E-state index contributed by atoms with van der Waals surface area (Å²) < 4.78 is 5.52. The van der Waals surface area contributed by atoms with E-state index < -0.39 is 0 Å². The second-order valence-corrected chi connectivity index (χ2v) is 12.1. The van der Waals surface area contributed by atoms with E-state index in [0.29, 0.717) is 34.4 Å². The fourth-order valence-corrected chi connectivity index (χ4v) is 7.38. The van der Waals surface area contributed by atoms with Crippen molar-refractivity contribution in [3.63, 3.8) is 0 Å². The zero-order valence-electron chi connectivity index (χ0n) is 23.6. The minimum absolute atomic E-state index is 0.0701. The Kier molecular flexibility index (Phi) is 8.46. The van der Waals surface area contributed by atoms with Crippen molar-refractivity contribution in [2.75, 3.05) is 38.2 Å². The van der Waals surface area contributed by atoms with E-state index in [0.717, 1.165) is 75.2 Å². The minimum atomic E-state index is -0.191. The number of amides is 2. The Morgan fingerprint density at radius 3 is 2.64 bits per heavy atom. The lowest BCUT2D eigenvalue weighted by Crippen LogP contribution is -2.45. The standard InChI is InChI=1S/C32H36N6O3S/c33-19-25(20-34)21-4-1-7-24(16-21)31(40)38-11-3-8-28(38)22-5-2-6-23(17-22)30(39)36-32-35-27-10-9-26(18-29(27)42-32)37-12-14-41-15-13-37/h1-2,4-7,16-17,19-20,26,28,33H,3,8-15,18,34H2,(H,35,36,39)/b25-20+,33-19?/t26-,28+/m0/s1. The highest BCUT2D eigenvalue weighted by Crippen LogP contribution is 2.35. The van der Waals surface area contributed by atoms with E-state index >= 15 is 0 Å². The van der Waals surface area contributed by atoms with Crippen LogP contribution in [0.2, 0.25) is 0 Å². The third-order valence-electron chi connectivity index (χ3n) is 8.52. The molecule has 3 heterocycles. The average Bonchev–Trinajstić information content (AvgIpc) is 3.69. The molecule has 1 aromatic heterocycles. The van der Waals surface area contributed by atoms with Gasteiger partial charge in [0.2, 0.25) is 0 Å². The van der Waals surface area contributed by atoms with Crippen LogP contribution in [0, 0.1) is 5.41 Å². The van der Waals surface area contributed by atoms with Gasteiger partial charge in [-0.1, -0.05) is 24.3 Å². The number of ether oxygens (including phenoxy) is 1. The van der Waals surface area contributed by atoms with Crippen molar-refractivity contribution in [2.45, 2.75) is 44.2 Å². The van der Waals surface area contributed by atoms with Crippen LogP contribution < -0.4 is 11.1 Å². The third-order valence-corrected chi connectivity index (χ3v) is 9.56. The summed E-state index contributed by atoms with van der Waals surface area (Å²) in [6.07, 6.45) is 7.25. The summed E-state index contributed by atoms with van der Waals surface area (Å²) in [5, 5.41) is 11.3. The minimum Gasteiger partial charge on any atom is -0.404 e. The molecule has 0 saturated carbocycles. The quantitative estimate of drug-likeness (QED) is 0.351. The van der Waals surface area contributed by atoms with Crippen molar-refractivity contribution >= 4 is 40.1 Å². The summed E-state index contributed by atoms with van der Waals surface area (Å²) in [6, 6.07) is 15.2. The normalized spacial score (nSPS) is 21.1. The van der Waals surface area contributed by atoms with Crippen molar-refractivity contribution in [3.8, 4) is 0 Å². The molecule has 0 bridgehead atoms. The van der Waals surface area contributed by atoms with E-state index in [1.807, 2.05) is 41.3 Å². The Morgan fingerprint density at radius 2 is 1.83 bits per heavy atom. The number of thiazole rings is 1. The molecule has 6 rings (SSSR count). The number of hydrogen-bond acceptors (Lipinski definition) is 8. The van der Waals surface area contributed by atoms with Crippen LogP contribution in [0.1, 0.15) is 67.7 Å². The van der Waals surface area contributed by atoms with E-state index in [-0.39, 0.29) is 17.9 Å². The predicted molar refractivity (Wildman–Crippen MR) is 165 cm³/mol. The monoisotopic (exact) mass is 584 g/mol. The predicted octanol–water partition coefficient (Wildman–Crippen LogP) is 4.51. The molecule has 2 aliphatic heterocycles. The van der Waals surface area contributed by atoms with E-state index in [1.165, 1.54) is 17.3 Å². The average molecular weight is 585 g/mol. The number of anilines is 1. The van der Waals surface area contributed by atoms with Crippen LogP contribution in [0.3, 0.4) is 0 Å². The van der Waals surface area contributed by atoms with Gasteiger partial charge in [-0.05, 0) is 67.5 Å². The Morgan fingerprint density at radius 1 is 1.05 bits per heavy atom. The van der Waals surface area contributed by atoms with Crippen molar-refractivity contribution in [3.05, 3.63) is 87.6 Å². The molecule has 10 heteroatoms. The number of carbonyl (C=O) groups is 2. The fraction of sp³-hybridized carbons (Fsp3) is 0.375. The Labute approximate surface area is 249 Å². The number of aromatic nitrogens is 1. The van der Waals surface area contributed by atoms with Gasteiger partial charge in [-0.3, -0.25) is 19.8 Å². The molecule has 0 radical (unpaired) electrons. The Balaban J connectivity index is 1.14. The van der Waals surface area contributed by atoms with E-state index in [4.69, 9.17) is 20.9 Å². The van der Waals surface area contributed by atoms with Gasteiger partial charge in [0.05, 0.1) is 24.9 Å². The zero-order chi connectivity index (χ0) is 29.1. The van der Waals surface area contributed by atoms with E-state index in [2.05, 4.69) is 10.2 Å². The van der Waals surface area contributed by atoms with Gasteiger partial charge in [0.15, 0.2) is 5.13 Å². The lowest BCUT2D eigenvalue weighted by Gasteiger charge is -2.36. The van der Waals surface area contributed by atoms with Crippen molar-refractivity contribution in [2.24, 2.45) is 5.73 Å². The number of allylic oxidation sites excluding steroid dienone is 1. The lowest BCUT2D eigenvalue weighted by molar-refractivity contribution is 0.0139. The summed E-state index contributed by atoms with van der Waals surface area (Å²) in [5.74, 6) is -0.261. The number of aryl methyl sites for hydroxylation is 1. The van der Waals surface area contributed by atoms with Gasteiger partial charge in [0, 0.05) is 59.7 Å². The van der Waals surface area contributed by atoms with Crippen molar-refractivity contribution < 1.29 is 14.3 Å². The molecule has 2 fully saturated rings. The molecular formula is C32H36N6O3S. The molecule has 42 heavy (non-hydrogen) atoms. The Bertz CT molecular complexity index is 1510. The highest BCUT2D eigenvalue weighted by atomic mass is 32.1. The molecule has 0 unspecified atom stereocenters.